The Morgan fingerprint density at radius 1 is 1.33 bits per heavy atom. The third-order valence-corrected chi connectivity index (χ3v) is 4.37. The smallest absolute Gasteiger partial charge is 0.226 e. The molecular formula is C16H23N3OS. The van der Waals surface area contributed by atoms with Crippen LogP contribution in [0.4, 0.5) is 0 Å². The molecular weight excluding hydrogens is 282 g/mol. The predicted molar refractivity (Wildman–Crippen MR) is 86.2 cm³/mol. The topological polar surface area (TPSA) is 64.9 Å². The zero-order chi connectivity index (χ0) is 15.1. The van der Waals surface area contributed by atoms with Crippen LogP contribution < -0.4 is 5.73 Å². The molecule has 1 aromatic carbocycles. The molecule has 1 atom stereocenters. The van der Waals surface area contributed by atoms with E-state index in [1.807, 2.05) is 0 Å². The van der Waals surface area contributed by atoms with Gasteiger partial charge >= 0.3 is 0 Å². The van der Waals surface area contributed by atoms with Gasteiger partial charge in [0.25, 0.3) is 0 Å². The molecule has 114 valence electrons. The van der Waals surface area contributed by atoms with Crippen molar-refractivity contribution >= 4 is 11.8 Å². The van der Waals surface area contributed by atoms with E-state index in [-0.39, 0.29) is 0 Å². The molecule has 21 heavy (non-hydrogen) atoms. The second kappa shape index (κ2) is 8.20. The van der Waals surface area contributed by atoms with Crippen LogP contribution in [-0.4, -0.2) is 16.7 Å². The Balaban J connectivity index is 1.80. The van der Waals surface area contributed by atoms with Gasteiger partial charge in [0, 0.05) is 11.3 Å². The Hall–Kier alpha value is -1.33. The normalized spacial score (nSPS) is 12.5. The molecule has 0 saturated carbocycles. The lowest BCUT2D eigenvalue weighted by atomic mass is 10.0. The van der Waals surface area contributed by atoms with Gasteiger partial charge in [0.05, 0.1) is 5.75 Å². The lowest BCUT2D eigenvalue weighted by molar-refractivity contribution is 0.359. The summed E-state index contributed by atoms with van der Waals surface area (Å²) in [6.07, 6.45) is 2.93. The van der Waals surface area contributed by atoms with Gasteiger partial charge in [-0.25, -0.2) is 0 Å². The van der Waals surface area contributed by atoms with Crippen molar-refractivity contribution in [1.29, 1.82) is 0 Å². The Morgan fingerprint density at radius 2 is 2.19 bits per heavy atom. The van der Waals surface area contributed by atoms with E-state index in [0.29, 0.717) is 5.92 Å². The van der Waals surface area contributed by atoms with Gasteiger partial charge in [0.1, 0.15) is 0 Å². The number of aryl methyl sites for hydroxylation is 2. The highest BCUT2D eigenvalue weighted by Gasteiger charge is 2.09. The first-order chi connectivity index (χ1) is 10.2. The highest BCUT2D eigenvalue weighted by Crippen LogP contribution is 2.22. The summed E-state index contributed by atoms with van der Waals surface area (Å²) in [4.78, 5) is 5.68. The van der Waals surface area contributed by atoms with E-state index >= 15 is 0 Å². The maximum Gasteiger partial charge on any atom is 0.226 e. The highest BCUT2D eigenvalue weighted by atomic mass is 32.2. The Kier molecular flexibility index (Phi) is 6.26. The van der Waals surface area contributed by atoms with Gasteiger partial charge in [-0.3, -0.25) is 0 Å². The van der Waals surface area contributed by atoms with E-state index in [9.17, 15) is 0 Å². The minimum Gasteiger partial charge on any atom is -0.339 e. The summed E-state index contributed by atoms with van der Waals surface area (Å²) in [5, 5.41) is 4.05. The second-order valence-electron chi connectivity index (χ2n) is 5.43. The van der Waals surface area contributed by atoms with Crippen molar-refractivity contribution in [2.24, 2.45) is 11.7 Å². The lowest BCUT2D eigenvalue weighted by Gasteiger charge is -2.06. The summed E-state index contributed by atoms with van der Waals surface area (Å²) in [6, 6.07) is 8.44. The number of nitrogens with zero attached hydrogens (tertiary/aromatic N) is 2. The first-order valence-corrected chi connectivity index (χ1v) is 8.37. The molecule has 0 bridgehead atoms. The fourth-order valence-electron chi connectivity index (χ4n) is 2.10. The van der Waals surface area contributed by atoms with Gasteiger partial charge in [0.15, 0.2) is 5.82 Å². The summed E-state index contributed by atoms with van der Waals surface area (Å²) in [7, 11) is 0. The Labute approximate surface area is 130 Å². The molecule has 1 unspecified atom stereocenters. The van der Waals surface area contributed by atoms with Gasteiger partial charge in [-0.15, -0.1) is 11.8 Å². The first kappa shape index (κ1) is 16.0. The summed E-state index contributed by atoms with van der Waals surface area (Å²) in [5.41, 5.74) is 6.82. The number of hydrogen-bond donors (Lipinski definition) is 1. The average Bonchev–Trinajstić information content (AvgIpc) is 2.91. The summed E-state index contributed by atoms with van der Waals surface area (Å²) >= 11 is 1.73. The minimum atomic E-state index is 0.604. The van der Waals surface area contributed by atoms with Crippen molar-refractivity contribution in [3.8, 4) is 0 Å². The molecule has 0 aliphatic rings. The number of aromatic nitrogens is 2. The van der Waals surface area contributed by atoms with Crippen LogP contribution in [0.3, 0.4) is 0 Å². The Bertz CT molecular complexity index is 556. The summed E-state index contributed by atoms with van der Waals surface area (Å²) in [6.45, 7) is 5.04. The third-order valence-electron chi connectivity index (χ3n) is 3.38. The van der Waals surface area contributed by atoms with Crippen molar-refractivity contribution in [3.63, 3.8) is 0 Å². The summed E-state index contributed by atoms with van der Waals surface area (Å²) in [5.74, 6) is 2.85. The van der Waals surface area contributed by atoms with Gasteiger partial charge < -0.3 is 10.3 Å². The van der Waals surface area contributed by atoms with E-state index in [4.69, 9.17) is 10.3 Å². The molecule has 1 heterocycles. The lowest BCUT2D eigenvalue weighted by Crippen LogP contribution is -2.06. The molecule has 1 aromatic heterocycles. The molecule has 0 spiro atoms. The third kappa shape index (κ3) is 5.52. The zero-order valence-electron chi connectivity index (χ0n) is 12.7. The van der Waals surface area contributed by atoms with E-state index in [2.05, 4.69) is 48.3 Å². The molecule has 4 nitrogen and oxygen atoms in total. The standard InChI is InChI=1S/C16H23N3OS/c1-12(8-9-17)6-7-16-18-15(19-20-16)11-21-14-5-3-4-13(2)10-14/h3-5,10,12H,6-9,11,17H2,1-2H3. The fraction of sp³-hybridized carbons (Fsp3) is 0.500. The van der Waals surface area contributed by atoms with Gasteiger partial charge in [-0.1, -0.05) is 29.8 Å². The van der Waals surface area contributed by atoms with Crippen molar-refractivity contribution in [3.05, 3.63) is 41.5 Å². The molecule has 2 aromatic rings. The quantitative estimate of drug-likeness (QED) is 0.755. The number of benzene rings is 1. The molecule has 5 heteroatoms. The minimum absolute atomic E-state index is 0.604. The van der Waals surface area contributed by atoms with Crippen LogP contribution in [0.1, 0.15) is 37.0 Å². The van der Waals surface area contributed by atoms with Crippen LogP contribution in [0.2, 0.25) is 0 Å². The fourth-order valence-corrected chi connectivity index (χ4v) is 2.96. The van der Waals surface area contributed by atoms with Crippen molar-refractivity contribution < 1.29 is 4.52 Å². The number of thioether (sulfide) groups is 1. The Morgan fingerprint density at radius 3 is 2.95 bits per heavy atom. The molecule has 0 aliphatic carbocycles. The van der Waals surface area contributed by atoms with Crippen molar-refractivity contribution in [1.82, 2.24) is 10.1 Å². The van der Waals surface area contributed by atoms with Crippen molar-refractivity contribution in [2.75, 3.05) is 6.54 Å². The zero-order valence-corrected chi connectivity index (χ0v) is 13.5. The molecule has 2 rings (SSSR count). The van der Waals surface area contributed by atoms with E-state index < -0.39 is 0 Å². The van der Waals surface area contributed by atoms with Crippen LogP contribution in [0, 0.1) is 12.8 Å². The largest absolute Gasteiger partial charge is 0.339 e. The summed E-state index contributed by atoms with van der Waals surface area (Å²) < 4.78 is 5.30. The number of hydrogen-bond acceptors (Lipinski definition) is 5. The maximum atomic E-state index is 5.55. The molecule has 0 radical (unpaired) electrons. The van der Waals surface area contributed by atoms with Crippen LogP contribution in [-0.2, 0) is 12.2 Å². The second-order valence-corrected chi connectivity index (χ2v) is 6.48. The molecule has 0 amide bonds. The first-order valence-electron chi connectivity index (χ1n) is 7.38. The monoisotopic (exact) mass is 305 g/mol. The molecule has 0 fully saturated rings. The van der Waals surface area contributed by atoms with E-state index in [1.165, 1.54) is 10.5 Å². The predicted octanol–water partition coefficient (Wildman–Crippen LogP) is 3.59. The van der Waals surface area contributed by atoms with Gasteiger partial charge in [0.2, 0.25) is 5.89 Å². The molecule has 0 aliphatic heterocycles. The van der Waals surface area contributed by atoms with Crippen LogP contribution in [0.15, 0.2) is 33.7 Å². The number of nitrogens with two attached hydrogens (primary N) is 1. The van der Waals surface area contributed by atoms with Gasteiger partial charge in [-0.05, 0) is 44.4 Å². The highest BCUT2D eigenvalue weighted by molar-refractivity contribution is 7.98. The molecule has 0 saturated heterocycles. The van der Waals surface area contributed by atoms with Gasteiger partial charge in [-0.2, -0.15) is 4.98 Å². The number of rotatable bonds is 8. The van der Waals surface area contributed by atoms with Crippen LogP contribution in [0.5, 0.6) is 0 Å². The SMILES string of the molecule is Cc1cccc(SCc2noc(CCC(C)CCN)n2)c1. The molecule has 2 N–H and O–H groups in total. The van der Waals surface area contributed by atoms with Crippen LogP contribution >= 0.6 is 11.8 Å². The van der Waals surface area contributed by atoms with Crippen molar-refractivity contribution in [2.45, 2.75) is 43.8 Å². The average molecular weight is 305 g/mol. The van der Waals surface area contributed by atoms with E-state index in [0.717, 1.165) is 43.3 Å². The van der Waals surface area contributed by atoms with E-state index in [1.54, 1.807) is 11.8 Å². The maximum absolute atomic E-state index is 5.55. The van der Waals surface area contributed by atoms with Crippen LogP contribution in [0.25, 0.3) is 0 Å².